The lowest BCUT2D eigenvalue weighted by Crippen LogP contribution is -2.48. The number of aromatic amines is 1. The molecule has 0 saturated heterocycles. The number of hydrogen-bond acceptors (Lipinski definition) is 4. The van der Waals surface area contributed by atoms with Crippen LogP contribution in [0.5, 0.6) is 0 Å². The highest BCUT2D eigenvalue weighted by Gasteiger charge is 2.24. The van der Waals surface area contributed by atoms with Gasteiger partial charge >= 0.3 is 5.97 Å². The molecule has 1 heterocycles. The van der Waals surface area contributed by atoms with Crippen molar-refractivity contribution in [2.75, 3.05) is 7.11 Å². The Morgan fingerprint density at radius 3 is 2.74 bits per heavy atom. The molecule has 23 heavy (non-hydrogen) atoms. The highest BCUT2D eigenvalue weighted by atomic mass is 35.5. The van der Waals surface area contributed by atoms with Crippen LogP contribution in [0.25, 0.3) is 10.9 Å². The second-order valence-electron chi connectivity index (χ2n) is 5.08. The molecule has 1 aromatic heterocycles. The van der Waals surface area contributed by atoms with Gasteiger partial charge in [0.15, 0.2) is 0 Å². The predicted octanol–water partition coefficient (Wildman–Crippen LogP) is 1.28. The molecule has 0 saturated carbocycles. The normalized spacial score (nSPS) is 13.0. The van der Waals surface area contributed by atoms with Gasteiger partial charge in [0, 0.05) is 23.5 Å². The zero-order chi connectivity index (χ0) is 16.3. The summed E-state index contributed by atoms with van der Waals surface area (Å²) in [6.07, 6.45) is 1.90. The van der Waals surface area contributed by atoms with Gasteiger partial charge < -0.3 is 20.8 Å². The van der Waals surface area contributed by atoms with Crippen molar-refractivity contribution in [2.24, 2.45) is 5.73 Å². The fraction of sp³-hybridized carbons (Fsp3) is 0.333. The lowest BCUT2D eigenvalue weighted by Gasteiger charge is -2.17. The van der Waals surface area contributed by atoms with Gasteiger partial charge in [-0.3, -0.25) is 4.79 Å². The number of methoxy groups -OCH3 is 1. The molecule has 4 N–H and O–H groups in total. The molecule has 2 rings (SSSR count). The third-order valence-corrected chi connectivity index (χ3v) is 3.37. The van der Waals surface area contributed by atoms with E-state index in [0.717, 1.165) is 10.9 Å². The standard InChI is InChI=1S/C15H18FN3O3.ClH/c1-8(17)14(20)19-13(15(21)22-2)5-9-7-18-12-6-10(16)3-4-11(9)12;/h3-4,6-8,13,18H,5,17H2,1-2H3,(H,19,20);1H/t8-,13?;/m1./s1. The van der Waals surface area contributed by atoms with Crippen molar-refractivity contribution in [1.29, 1.82) is 0 Å². The largest absolute Gasteiger partial charge is 0.467 e. The number of H-pyrrole nitrogens is 1. The molecule has 1 unspecified atom stereocenters. The number of hydrogen-bond donors (Lipinski definition) is 3. The summed E-state index contributed by atoms with van der Waals surface area (Å²) in [6, 6.07) is 2.75. The molecule has 2 atom stereocenters. The number of rotatable bonds is 5. The number of esters is 1. The van der Waals surface area contributed by atoms with E-state index < -0.39 is 24.0 Å². The SMILES string of the molecule is COC(=O)C(Cc1c[nH]c2cc(F)ccc12)NC(=O)[C@@H](C)N.Cl. The van der Waals surface area contributed by atoms with Crippen molar-refractivity contribution < 1.29 is 18.7 Å². The number of benzene rings is 1. The van der Waals surface area contributed by atoms with E-state index in [1.54, 1.807) is 12.3 Å². The first-order chi connectivity index (χ1) is 10.4. The number of nitrogens with one attached hydrogen (secondary N) is 2. The van der Waals surface area contributed by atoms with Crippen LogP contribution >= 0.6 is 12.4 Å². The summed E-state index contributed by atoms with van der Waals surface area (Å²) in [4.78, 5) is 26.5. The average Bonchev–Trinajstić information content (AvgIpc) is 2.87. The molecule has 0 spiro atoms. The van der Waals surface area contributed by atoms with Gasteiger partial charge in [0.1, 0.15) is 11.9 Å². The lowest BCUT2D eigenvalue weighted by molar-refractivity contribution is -0.145. The van der Waals surface area contributed by atoms with Crippen molar-refractivity contribution in [3.05, 3.63) is 35.8 Å². The summed E-state index contributed by atoms with van der Waals surface area (Å²) in [6.45, 7) is 1.53. The van der Waals surface area contributed by atoms with Gasteiger partial charge in [-0.2, -0.15) is 0 Å². The van der Waals surface area contributed by atoms with Gasteiger partial charge in [0.25, 0.3) is 0 Å². The Hall–Kier alpha value is -2.12. The van der Waals surface area contributed by atoms with Gasteiger partial charge in [-0.15, -0.1) is 12.4 Å². The molecule has 126 valence electrons. The zero-order valence-electron chi connectivity index (χ0n) is 12.8. The Morgan fingerprint density at radius 2 is 2.13 bits per heavy atom. The Labute approximate surface area is 139 Å². The average molecular weight is 344 g/mol. The van der Waals surface area contributed by atoms with Crippen molar-refractivity contribution in [3.8, 4) is 0 Å². The second-order valence-corrected chi connectivity index (χ2v) is 5.08. The molecule has 0 aliphatic carbocycles. The molecule has 6 nitrogen and oxygen atoms in total. The van der Waals surface area contributed by atoms with E-state index in [4.69, 9.17) is 10.5 Å². The first-order valence-corrected chi connectivity index (χ1v) is 6.81. The summed E-state index contributed by atoms with van der Waals surface area (Å²) in [5.74, 6) is -1.36. The summed E-state index contributed by atoms with van der Waals surface area (Å²) < 4.78 is 17.9. The Morgan fingerprint density at radius 1 is 1.43 bits per heavy atom. The first-order valence-electron chi connectivity index (χ1n) is 6.81. The van der Waals surface area contributed by atoms with Crippen LogP contribution in [-0.4, -0.2) is 36.1 Å². The van der Waals surface area contributed by atoms with E-state index in [2.05, 4.69) is 10.3 Å². The number of carbonyl (C=O) groups excluding carboxylic acids is 2. The summed E-state index contributed by atoms with van der Waals surface area (Å²) in [7, 11) is 1.25. The van der Waals surface area contributed by atoms with Crippen LogP contribution in [-0.2, 0) is 20.7 Å². The lowest BCUT2D eigenvalue weighted by atomic mass is 10.0. The van der Waals surface area contributed by atoms with E-state index in [9.17, 15) is 14.0 Å². The number of amides is 1. The summed E-state index contributed by atoms with van der Waals surface area (Å²) in [5.41, 5.74) is 6.89. The molecule has 2 aromatic rings. The van der Waals surface area contributed by atoms with Crippen LogP contribution in [0.3, 0.4) is 0 Å². The van der Waals surface area contributed by atoms with E-state index in [1.165, 1.54) is 26.2 Å². The van der Waals surface area contributed by atoms with Gasteiger partial charge in [-0.25, -0.2) is 9.18 Å². The molecule has 1 aromatic carbocycles. The fourth-order valence-electron chi connectivity index (χ4n) is 2.19. The van der Waals surface area contributed by atoms with Gasteiger partial charge in [-0.1, -0.05) is 0 Å². The van der Waals surface area contributed by atoms with Gasteiger partial charge in [0.05, 0.1) is 13.2 Å². The maximum absolute atomic E-state index is 13.2. The van der Waals surface area contributed by atoms with Crippen molar-refractivity contribution in [2.45, 2.75) is 25.4 Å². The predicted molar refractivity (Wildman–Crippen MR) is 86.8 cm³/mol. The zero-order valence-corrected chi connectivity index (χ0v) is 13.6. The number of aromatic nitrogens is 1. The Kier molecular flexibility index (Phi) is 6.53. The molecule has 1 amide bonds. The van der Waals surface area contributed by atoms with Gasteiger partial charge in [0.2, 0.25) is 5.91 Å². The fourth-order valence-corrected chi connectivity index (χ4v) is 2.19. The maximum atomic E-state index is 13.2. The summed E-state index contributed by atoms with van der Waals surface area (Å²) in [5, 5.41) is 3.34. The molecule has 0 aliphatic heterocycles. The van der Waals surface area contributed by atoms with Crippen molar-refractivity contribution in [3.63, 3.8) is 0 Å². The van der Waals surface area contributed by atoms with E-state index in [0.29, 0.717) is 5.52 Å². The smallest absolute Gasteiger partial charge is 0.328 e. The van der Waals surface area contributed by atoms with E-state index >= 15 is 0 Å². The number of halogens is 2. The number of fused-ring (bicyclic) bond motifs is 1. The molecular formula is C15H19ClFN3O3. The van der Waals surface area contributed by atoms with E-state index in [1.807, 2.05) is 0 Å². The third kappa shape index (κ3) is 4.43. The molecule has 0 radical (unpaired) electrons. The van der Waals surface area contributed by atoms with Crippen LogP contribution in [0.15, 0.2) is 24.4 Å². The minimum absolute atomic E-state index is 0. The minimum atomic E-state index is -0.854. The molecule has 0 fully saturated rings. The Bertz CT molecular complexity index is 702. The third-order valence-electron chi connectivity index (χ3n) is 3.37. The van der Waals surface area contributed by atoms with Crippen LogP contribution in [0, 0.1) is 5.82 Å². The monoisotopic (exact) mass is 343 g/mol. The quantitative estimate of drug-likeness (QED) is 0.712. The molecule has 0 bridgehead atoms. The molecule has 0 aliphatic rings. The van der Waals surface area contributed by atoms with Crippen molar-refractivity contribution in [1.82, 2.24) is 10.3 Å². The maximum Gasteiger partial charge on any atom is 0.328 e. The molecular weight excluding hydrogens is 325 g/mol. The highest BCUT2D eigenvalue weighted by Crippen LogP contribution is 2.20. The van der Waals surface area contributed by atoms with Crippen LogP contribution in [0.1, 0.15) is 12.5 Å². The second kappa shape index (κ2) is 7.94. The topological polar surface area (TPSA) is 97.2 Å². The summed E-state index contributed by atoms with van der Waals surface area (Å²) >= 11 is 0. The number of carbonyl (C=O) groups is 2. The highest BCUT2D eigenvalue weighted by molar-refractivity contribution is 5.88. The van der Waals surface area contributed by atoms with E-state index in [-0.39, 0.29) is 24.6 Å². The molecule has 8 heteroatoms. The minimum Gasteiger partial charge on any atom is -0.467 e. The first kappa shape index (κ1) is 18.9. The van der Waals surface area contributed by atoms with Crippen molar-refractivity contribution >= 4 is 35.2 Å². The van der Waals surface area contributed by atoms with Crippen LogP contribution < -0.4 is 11.1 Å². The van der Waals surface area contributed by atoms with Crippen LogP contribution in [0.2, 0.25) is 0 Å². The number of ether oxygens (including phenoxy) is 1. The Balaban J connectivity index is 0.00000264. The van der Waals surface area contributed by atoms with Gasteiger partial charge in [-0.05, 0) is 30.7 Å². The number of nitrogens with two attached hydrogens (primary N) is 1. The van der Waals surface area contributed by atoms with Crippen LogP contribution in [0.4, 0.5) is 4.39 Å².